The van der Waals surface area contributed by atoms with Gasteiger partial charge in [0.25, 0.3) is 5.56 Å². The van der Waals surface area contributed by atoms with Crippen LogP contribution in [0.4, 0.5) is 0 Å². The van der Waals surface area contributed by atoms with Crippen LogP contribution in [0.1, 0.15) is 5.69 Å². The minimum Gasteiger partial charge on any atom is -0.302 e. The molecule has 28 heavy (non-hydrogen) atoms. The summed E-state index contributed by atoms with van der Waals surface area (Å²) in [6.07, 6.45) is 0. The largest absolute Gasteiger partial charge is 0.302 e. The second-order valence-corrected chi connectivity index (χ2v) is 7.20. The Morgan fingerprint density at radius 2 is 1.46 bits per heavy atom. The zero-order valence-electron chi connectivity index (χ0n) is 15.1. The Hall–Kier alpha value is -3.72. The lowest BCUT2D eigenvalue weighted by molar-refractivity contribution is 0.797. The van der Waals surface area contributed by atoms with Gasteiger partial charge >= 0.3 is 0 Å². The van der Waals surface area contributed by atoms with Crippen molar-refractivity contribution in [3.63, 3.8) is 0 Å². The molecule has 0 fully saturated rings. The van der Waals surface area contributed by atoms with Crippen molar-refractivity contribution in [3.8, 4) is 22.4 Å². The molecule has 0 amide bonds. The summed E-state index contributed by atoms with van der Waals surface area (Å²) in [7, 11) is 0. The Bertz CT molecular complexity index is 1450. The molecule has 6 rings (SSSR count). The highest BCUT2D eigenvalue weighted by Gasteiger charge is 2.27. The van der Waals surface area contributed by atoms with E-state index in [1.807, 2.05) is 53.1 Å². The zero-order chi connectivity index (χ0) is 18.7. The number of hydrogen-bond acceptors (Lipinski definition) is 2. The molecule has 0 spiro atoms. The fourth-order valence-corrected chi connectivity index (χ4v) is 4.37. The number of para-hydroxylation sites is 1. The first-order valence-electron chi connectivity index (χ1n) is 9.41. The number of hydrogen-bond donors (Lipinski definition) is 0. The van der Waals surface area contributed by atoms with E-state index in [9.17, 15) is 4.79 Å². The maximum atomic E-state index is 13.2. The van der Waals surface area contributed by atoms with Gasteiger partial charge in [0.05, 0.1) is 23.4 Å². The molecule has 3 heteroatoms. The van der Waals surface area contributed by atoms with Crippen molar-refractivity contribution in [1.82, 2.24) is 9.55 Å². The van der Waals surface area contributed by atoms with Gasteiger partial charge in [-0.3, -0.25) is 9.78 Å². The predicted molar refractivity (Wildman–Crippen MR) is 113 cm³/mol. The topological polar surface area (TPSA) is 34.9 Å². The van der Waals surface area contributed by atoms with Gasteiger partial charge in [-0.25, -0.2) is 0 Å². The fraction of sp³-hybridized carbons (Fsp3) is 0.0400. The van der Waals surface area contributed by atoms with Crippen LogP contribution in [0.25, 0.3) is 44.1 Å². The molecule has 1 aliphatic rings. The summed E-state index contributed by atoms with van der Waals surface area (Å²) in [5.74, 6) is 0. The summed E-state index contributed by atoms with van der Waals surface area (Å²) >= 11 is 0. The fourth-order valence-electron chi connectivity index (χ4n) is 4.37. The first kappa shape index (κ1) is 15.3. The molecule has 132 valence electrons. The van der Waals surface area contributed by atoms with Crippen LogP contribution in [0.15, 0.2) is 89.7 Å². The quantitative estimate of drug-likeness (QED) is 0.402. The second kappa shape index (κ2) is 5.64. The Morgan fingerprint density at radius 3 is 2.32 bits per heavy atom. The van der Waals surface area contributed by atoms with Crippen molar-refractivity contribution in [2.24, 2.45) is 0 Å². The number of nitrogens with zero attached hydrogens (tertiary/aromatic N) is 2. The summed E-state index contributed by atoms with van der Waals surface area (Å²) in [6.45, 7) is 0.513. The highest BCUT2D eigenvalue weighted by atomic mass is 16.1. The lowest BCUT2D eigenvalue weighted by Crippen LogP contribution is -2.18. The van der Waals surface area contributed by atoms with E-state index in [1.54, 1.807) is 0 Å². The van der Waals surface area contributed by atoms with Crippen molar-refractivity contribution >= 4 is 21.7 Å². The van der Waals surface area contributed by atoms with E-state index in [2.05, 4.69) is 36.4 Å². The average Bonchev–Trinajstić information content (AvgIpc) is 3.11. The highest BCUT2D eigenvalue weighted by Crippen LogP contribution is 2.42. The van der Waals surface area contributed by atoms with E-state index < -0.39 is 0 Å². The normalized spacial score (nSPS) is 12.3. The Balaban J connectivity index is 1.80. The minimum atomic E-state index is 0.0502. The van der Waals surface area contributed by atoms with Crippen molar-refractivity contribution in [2.45, 2.75) is 6.54 Å². The van der Waals surface area contributed by atoms with Gasteiger partial charge in [0.2, 0.25) is 0 Å². The van der Waals surface area contributed by atoms with Gasteiger partial charge < -0.3 is 4.57 Å². The van der Waals surface area contributed by atoms with E-state index in [0.29, 0.717) is 6.54 Å². The molecule has 2 aromatic heterocycles. The van der Waals surface area contributed by atoms with Crippen LogP contribution in [0.2, 0.25) is 0 Å². The molecule has 0 saturated carbocycles. The number of rotatable bonds is 1. The van der Waals surface area contributed by atoms with E-state index in [0.717, 1.165) is 49.8 Å². The van der Waals surface area contributed by atoms with Crippen molar-refractivity contribution in [3.05, 3.63) is 101 Å². The monoisotopic (exact) mass is 360 g/mol. The standard InChI is InChI=1S/C25H16N2O/c28-25-18-11-5-4-10-17(18)14-22-24-21(15-27(22)25)26-20-13-7-6-12-19(20)23(24)16-8-2-1-3-9-16/h1-14H,15H2. The molecule has 0 unspecified atom stereocenters. The third-order valence-corrected chi connectivity index (χ3v) is 5.61. The van der Waals surface area contributed by atoms with Crippen LogP contribution in [0, 0.1) is 0 Å². The molecule has 3 heterocycles. The van der Waals surface area contributed by atoms with Gasteiger partial charge in [-0.05, 0) is 29.1 Å². The molecular weight excluding hydrogens is 344 g/mol. The van der Waals surface area contributed by atoms with Crippen LogP contribution < -0.4 is 5.56 Å². The maximum Gasteiger partial charge on any atom is 0.259 e. The third kappa shape index (κ3) is 2.04. The van der Waals surface area contributed by atoms with Crippen LogP contribution in [-0.4, -0.2) is 9.55 Å². The summed E-state index contributed by atoms with van der Waals surface area (Å²) in [6, 6.07) is 28.5. The minimum absolute atomic E-state index is 0.0502. The Morgan fingerprint density at radius 1 is 0.750 bits per heavy atom. The molecule has 0 aliphatic carbocycles. The molecule has 5 aromatic rings. The van der Waals surface area contributed by atoms with Crippen molar-refractivity contribution < 1.29 is 0 Å². The first-order chi connectivity index (χ1) is 13.8. The van der Waals surface area contributed by atoms with Gasteiger partial charge in [-0.15, -0.1) is 0 Å². The average molecular weight is 360 g/mol. The SMILES string of the molecule is O=c1c2ccccc2cc2n1Cc1nc3ccccc3c(-c3ccccc3)c1-2. The summed E-state index contributed by atoms with van der Waals surface area (Å²) < 4.78 is 1.87. The molecule has 3 nitrogen and oxygen atoms in total. The summed E-state index contributed by atoms with van der Waals surface area (Å²) in [4.78, 5) is 18.1. The Kier molecular flexibility index (Phi) is 3.09. The summed E-state index contributed by atoms with van der Waals surface area (Å²) in [5.41, 5.74) is 6.31. The Labute approximate surface area is 161 Å². The molecule has 0 radical (unpaired) electrons. The van der Waals surface area contributed by atoms with E-state index in [-0.39, 0.29) is 5.56 Å². The van der Waals surface area contributed by atoms with Gasteiger partial charge in [-0.1, -0.05) is 66.7 Å². The smallest absolute Gasteiger partial charge is 0.259 e. The van der Waals surface area contributed by atoms with E-state index in [1.165, 1.54) is 0 Å². The molecule has 3 aromatic carbocycles. The third-order valence-electron chi connectivity index (χ3n) is 5.61. The van der Waals surface area contributed by atoms with Crippen LogP contribution in [-0.2, 0) is 6.54 Å². The molecule has 0 bridgehead atoms. The lowest BCUT2D eigenvalue weighted by atomic mass is 9.93. The molecule has 1 aliphatic heterocycles. The van der Waals surface area contributed by atoms with Crippen molar-refractivity contribution in [1.29, 1.82) is 0 Å². The van der Waals surface area contributed by atoms with Gasteiger partial charge in [0.1, 0.15) is 0 Å². The van der Waals surface area contributed by atoms with E-state index in [4.69, 9.17) is 4.98 Å². The number of benzene rings is 3. The van der Waals surface area contributed by atoms with Gasteiger partial charge in [-0.2, -0.15) is 0 Å². The predicted octanol–water partition coefficient (Wildman–Crippen LogP) is 5.25. The van der Waals surface area contributed by atoms with Crippen LogP contribution >= 0.6 is 0 Å². The van der Waals surface area contributed by atoms with Crippen LogP contribution in [0.3, 0.4) is 0 Å². The van der Waals surface area contributed by atoms with Gasteiger partial charge in [0, 0.05) is 21.9 Å². The highest BCUT2D eigenvalue weighted by molar-refractivity contribution is 6.04. The lowest BCUT2D eigenvalue weighted by Gasteiger charge is -2.13. The second-order valence-electron chi connectivity index (χ2n) is 7.20. The molecular formula is C25H16N2O. The van der Waals surface area contributed by atoms with E-state index >= 15 is 0 Å². The number of fused-ring (bicyclic) bond motifs is 5. The number of pyridine rings is 2. The van der Waals surface area contributed by atoms with Gasteiger partial charge in [0.15, 0.2) is 0 Å². The maximum absolute atomic E-state index is 13.2. The zero-order valence-corrected chi connectivity index (χ0v) is 15.1. The molecule has 0 N–H and O–H groups in total. The van der Waals surface area contributed by atoms with Crippen LogP contribution in [0.5, 0.6) is 0 Å². The molecule has 0 atom stereocenters. The number of aromatic nitrogens is 2. The van der Waals surface area contributed by atoms with Crippen molar-refractivity contribution in [2.75, 3.05) is 0 Å². The first-order valence-corrected chi connectivity index (χ1v) is 9.41. The summed E-state index contributed by atoms with van der Waals surface area (Å²) in [5, 5.41) is 2.84. The molecule has 0 saturated heterocycles.